The Balaban J connectivity index is 2.88. The van der Waals surface area contributed by atoms with Crippen molar-refractivity contribution >= 4 is 21.7 Å². The van der Waals surface area contributed by atoms with Gasteiger partial charge in [0.25, 0.3) is 5.91 Å². The zero-order chi connectivity index (χ0) is 16.9. The fraction of sp³-hybridized carbons (Fsp3) is 0.467. The van der Waals surface area contributed by atoms with Crippen LogP contribution in [0.4, 0.5) is 0 Å². The van der Waals surface area contributed by atoms with Gasteiger partial charge in [-0.2, -0.15) is 0 Å². The first kappa shape index (κ1) is 18.2. The molecule has 0 aliphatic heterocycles. The summed E-state index contributed by atoms with van der Waals surface area (Å²) >= 11 is 0. The Morgan fingerprint density at radius 2 is 1.73 bits per heavy atom. The van der Waals surface area contributed by atoms with Crippen molar-refractivity contribution in [3.63, 3.8) is 0 Å². The molecule has 0 fully saturated rings. The van der Waals surface area contributed by atoms with Gasteiger partial charge in [0.2, 0.25) is 0 Å². The second-order valence-corrected chi connectivity index (χ2v) is 7.60. The third-order valence-electron chi connectivity index (χ3n) is 3.05. The summed E-state index contributed by atoms with van der Waals surface area (Å²) in [5.41, 5.74) is 2.28. The van der Waals surface area contributed by atoms with E-state index in [2.05, 4.69) is 10.1 Å². The maximum atomic E-state index is 12.2. The predicted molar refractivity (Wildman–Crippen MR) is 83.5 cm³/mol. The van der Waals surface area contributed by atoms with Crippen LogP contribution in [0.1, 0.15) is 27.9 Å². The Morgan fingerprint density at radius 3 is 2.18 bits per heavy atom. The van der Waals surface area contributed by atoms with Crippen LogP contribution in [0.25, 0.3) is 0 Å². The number of sulfone groups is 1. The van der Waals surface area contributed by atoms with Gasteiger partial charge in [-0.3, -0.25) is 4.79 Å². The second kappa shape index (κ2) is 7.40. The first-order chi connectivity index (χ1) is 10.1. The lowest BCUT2D eigenvalue weighted by Crippen LogP contribution is -2.42. The highest BCUT2D eigenvalue weighted by atomic mass is 32.2. The van der Waals surface area contributed by atoms with Crippen LogP contribution >= 0.6 is 0 Å². The summed E-state index contributed by atoms with van der Waals surface area (Å²) < 4.78 is 27.1. The van der Waals surface area contributed by atoms with Crippen LogP contribution in [-0.2, 0) is 19.4 Å². The summed E-state index contributed by atoms with van der Waals surface area (Å²) in [7, 11) is -2.04. The lowest BCUT2D eigenvalue weighted by molar-refractivity contribution is -0.142. The van der Waals surface area contributed by atoms with Crippen molar-refractivity contribution in [3.8, 4) is 0 Å². The first-order valence-electron chi connectivity index (χ1n) is 6.77. The van der Waals surface area contributed by atoms with E-state index >= 15 is 0 Å². The number of aryl methyl sites for hydroxylation is 2. The number of amides is 1. The Bertz CT molecular complexity index is 646. The second-order valence-electron chi connectivity index (χ2n) is 5.34. The molecule has 0 saturated carbocycles. The standard InChI is InChI=1S/C15H21NO5S/c1-10-7-11(2)9-12(8-10)14(17)16-13(15(18)21-3)5-6-22(4,19)20/h7-9,13H,5-6H2,1-4H3,(H,16,17)/t13-/m0/s1. The Labute approximate surface area is 130 Å². The van der Waals surface area contributed by atoms with Gasteiger partial charge in [-0.15, -0.1) is 0 Å². The minimum absolute atomic E-state index is 0.0257. The van der Waals surface area contributed by atoms with E-state index < -0.39 is 27.8 Å². The van der Waals surface area contributed by atoms with Gasteiger partial charge >= 0.3 is 5.97 Å². The highest BCUT2D eigenvalue weighted by molar-refractivity contribution is 7.90. The fourth-order valence-electron chi connectivity index (χ4n) is 2.07. The predicted octanol–water partition coefficient (Wildman–Crippen LogP) is 1.01. The molecule has 1 rings (SSSR count). The van der Waals surface area contributed by atoms with E-state index in [-0.39, 0.29) is 12.2 Å². The SMILES string of the molecule is COC(=O)[C@H](CCS(C)(=O)=O)NC(=O)c1cc(C)cc(C)c1. The summed E-state index contributed by atoms with van der Waals surface area (Å²) in [6.45, 7) is 3.73. The molecule has 0 unspecified atom stereocenters. The molecule has 22 heavy (non-hydrogen) atoms. The van der Waals surface area contributed by atoms with Crippen LogP contribution in [-0.4, -0.2) is 45.5 Å². The highest BCUT2D eigenvalue weighted by Gasteiger charge is 2.23. The summed E-state index contributed by atoms with van der Waals surface area (Å²) in [4.78, 5) is 23.9. The number of nitrogens with one attached hydrogen (secondary N) is 1. The van der Waals surface area contributed by atoms with E-state index in [0.717, 1.165) is 17.4 Å². The maximum absolute atomic E-state index is 12.2. The molecule has 0 spiro atoms. The topological polar surface area (TPSA) is 89.5 Å². The third kappa shape index (κ3) is 5.85. The maximum Gasteiger partial charge on any atom is 0.328 e. The van der Waals surface area contributed by atoms with E-state index in [1.807, 2.05) is 19.9 Å². The fourth-order valence-corrected chi connectivity index (χ4v) is 2.73. The molecule has 1 atom stereocenters. The molecular formula is C15H21NO5S. The first-order valence-corrected chi connectivity index (χ1v) is 8.83. The Morgan fingerprint density at radius 1 is 1.18 bits per heavy atom. The molecule has 0 bridgehead atoms. The van der Waals surface area contributed by atoms with E-state index in [9.17, 15) is 18.0 Å². The van der Waals surface area contributed by atoms with E-state index in [4.69, 9.17) is 0 Å². The van der Waals surface area contributed by atoms with Gasteiger partial charge in [0.1, 0.15) is 15.9 Å². The van der Waals surface area contributed by atoms with Gasteiger partial charge in [-0.05, 0) is 32.4 Å². The zero-order valence-corrected chi connectivity index (χ0v) is 14.0. The van der Waals surface area contributed by atoms with Crippen LogP contribution in [0.15, 0.2) is 18.2 Å². The van der Waals surface area contributed by atoms with Crippen molar-refractivity contribution in [1.29, 1.82) is 0 Å². The Kier molecular flexibility index (Phi) is 6.11. The molecular weight excluding hydrogens is 306 g/mol. The summed E-state index contributed by atoms with van der Waals surface area (Å²) in [5, 5.41) is 2.53. The van der Waals surface area contributed by atoms with E-state index in [1.54, 1.807) is 12.1 Å². The van der Waals surface area contributed by atoms with Crippen LogP contribution in [0.2, 0.25) is 0 Å². The van der Waals surface area contributed by atoms with Crippen molar-refractivity contribution in [1.82, 2.24) is 5.32 Å². The van der Waals surface area contributed by atoms with Crippen molar-refractivity contribution < 1.29 is 22.7 Å². The zero-order valence-electron chi connectivity index (χ0n) is 13.2. The molecule has 1 aromatic carbocycles. The molecule has 1 aromatic rings. The van der Waals surface area contributed by atoms with Crippen LogP contribution in [0, 0.1) is 13.8 Å². The molecule has 1 N–H and O–H groups in total. The number of esters is 1. The molecule has 6 nitrogen and oxygen atoms in total. The highest BCUT2D eigenvalue weighted by Crippen LogP contribution is 2.10. The van der Waals surface area contributed by atoms with Gasteiger partial charge < -0.3 is 10.1 Å². The molecule has 1 amide bonds. The minimum Gasteiger partial charge on any atom is -0.467 e. The summed E-state index contributed by atoms with van der Waals surface area (Å²) in [6.07, 6.45) is 1.05. The van der Waals surface area contributed by atoms with Crippen LogP contribution in [0.5, 0.6) is 0 Å². The average molecular weight is 327 g/mol. The smallest absolute Gasteiger partial charge is 0.328 e. The third-order valence-corrected chi connectivity index (χ3v) is 4.03. The molecule has 0 aromatic heterocycles. The Hall–Kier alpha value is -1.89. The quantitative estimate of drug-likeness (QED) is 0.788. The number of hydrogen-bond acceptors (Lipinski definition) is 5. The van der Waals surface area contributed by atoms with Crippen LogP contribution in [0.3, 0.4) is 0 Å². The van der Waals surface area contributed by atoms with Gasteiger partial charge in [0.15, 0.2) is 0 Å². The van der Waals surface area contributed by atoms with Gasteiger partial charge in [0.05, 0.1) is 12.9 Å². The number of carbonyl (C=O) groups excluding carboxylic acids is 2. The molecule has 0 radical (unpaired) electrons. The minimum atomic E-state index is -3.23. The van der Waals surface area contributed by atoms with Crippen molar-refractivity contribution in [2.45, 2.75) is 26.3 Å². The molecule has 0 heterocycles. The van der Waals surface area contributed by atoms with Gasteiger partial charge in [0, 0.05) is 11.8 Å². The number of hydrogen-bond donors (Lipinski definition) is 1. The van der Waals surface area contributed by atoms with E-state index in [0.29, 0.717) is 5.56 Å². The lowest BCUT2D eigenvalue weighted by atomic mass is 10.1. The monoisotopic (exact) mass is 327 g/mol. The van der Waals surface area contributed by atoms with Gasteiger partial charge in [-0.25, -0.2) is 13.2 Å². The van der Waals surface area contributed by atoms with Crippen molar-refractivity contribution in [3.05, 3.63) is 34.9 Å². The summed E-state index contributed by atoms with van der Waals surface area (Å²) in [6, 6.07) is 4.34. The molecule has 0 aliphatic carbocycles. The van der Waals surface area contributed by atoms with Crippen LogP contribution < -0.4 is 5.32 Å². The normalized spacial score (nSPS) is 12.5. The number of rotatable bonds is 6. The molecule has 7 heteroatoms. The lowest BCUT2D eigenvalue weighted by Gasteiger charge is -2.16. The number of methoxy groups -OCH3 is 1. The van der Waals surface area contributed by atoms with Crippen molar-refractivity contribution in [2.24, 2.45) is 0 Å². The van der Waals surface area contributed by atoms with Gasteiger partial charge in [-0.1, -0.05) is 17.2 Å². The number of carbonyl (C=O) groups is 2. The van der Waals surface area contributed by atoms with Crippen molar-refractivity contribution in [2.75, 3.05) is 19.1 Å². The average Bonchev–Trinajstić information content (AvgIpc) is 2.40. The molecule has 122 valence electrons. The number of ether oxygens (including phenoxy) is 1. The van der Waals surface area contributed by atoms with E-state index in [1.165, 1.54) is 7.11 Å². The molecule has 0 saturated heterocycles. The summed E-state index contributed by atoms with van der Waals surface area (Å²) in [5.74, 6) is -1.31. The largest absolute Gasteiger partial charge is 0.467 e. The molecule has 0 aliphatic rings. The number of benzene rings is 1.